The van der Waals surface area contributed by atoms with Crippen molar-refractivity contribution in [1.82, 2.24) is 10.2 Å². The largest absolute Gasteiger partial charge is 0.444 e. The standard InChI is InChI=1S/C14H20BrN3O2S/c1-14(2,3)20-13(19)18-5-4-16-12(8-18)17-7-11-6-10(15)9-21-11/h6,9H,4-5,7-8H2,1-3H3,(H,16,17). The van der Waals surface area contributed by atoms with Crippen molar-refractivity contribution in [3.8, 4) is 0 Å². The summed E-state index contributed by atoms with van der Waals surface area (Å²) in [4.78, 5) is 19.4. The zero-order chi connectivity index (χ0) is 15.5. The van der Waals surface area contributed by atoms with E-state index in [1.54, 1.807) is 16.2 Å². The van der Waals surface area contributed by atoms with E-state index in [4.69, 9.17) is 4.74 Å². The first-order valence-electron chi connectivity index (χ1n) is 6.81. The van der Waals surface area contributed by atoms with Gasteiger partial charge >= 0.3 is 6.09 Å². The quantitative estimate of drug-likeness (QED) is 0.865. The number of carbonyl (C=O) groups is 1. The normalized spacial score (nSPS) is 15.6. The number of ether oxygens (including phenoxy) is 1. The Morgan fingerprint density at radius 3 is 2.95 bits per heavy atom. The SMILES string of the molecule is CC(C)(C)OC(=O)N1CCN=C(NCc2cc(Br)cs2)C1. The van der Waals surface area contributed by atoms with Crippen LogP contribution < -0.4 is 5.32 Å². The van der Waals surface area contributed by atoms with Crippen LogP contribution in [0.3, 0.4) is 0 Å². The van der Waals surface area contributed by atoms with Gasteiger partial charge in [-0.05, 0) is 42.8 Å². The molecule has 116 valence electrons. The fourth-order valence-corrected chi connectivity index (χ4v) is 3.24. The van der Waals surface area contributed by atoms with E-state index in [0.717, 1.165) is 16.9 Å². The fraction of sp³-hybridized carbons (Fsp3) is 0.571. The van der Waals surface area contributed by atoms with Gasteiger partial charge in [0.25, 0.3) is 0 Å². The third-order valence-electron chi connectivity index (χ3n) is 2.75. The van der Waals surface area contributed by atoms with Crippen molar-refractivity contribution < 1.29 is 9.53 Å². The van der Waals surface area contributed by atoms with Crippen LogP contribution in [0, 0.1) is 0 Å². The Bertz CT molecular complexity index is 537. The molecule has 1 amide bonds. The molecule has 7 heteroatoms. The van der Waals surface area contributed by atoms with E-state index in [2.05, 4.69) is 32.3 Å². The van der Waals surface area contributed by atoms with Crippen LogP contribution in [0.1, 0.15) is 25.6 Å². The number of aliphatic imine (C=N–C) groups is 1. The lowest BCUT2D eigenvalue weighted by atomic mass is 10.2. The predicted molar refractivity (Wildman–Crippen MR) is 89.0 cm³/mol. The van der Waals surface area contributed by atoms with Crippen LogP contribution in [0.5, 0.6) is 0 Å². The number of carbonyl (C=O) groups excluding carboxylic acids is 1. The highest BCUT2D eigenvalue weighted by atomic mass is 79.9. The Morgan fingerprint density at radius 1 is 1.57 bits per heavy atom. The van der Waals surface area contributed by atoms with Crippen molar-refractivity contribution in [2.24, 2.45) is 4.99 Å². The summed E-state index contributed by atoms with van der Waals surface area (Å²) in [5.74, 6) is 0.830. The third kappa shape index (κ3) is 5.32. The van der Waals surface area contributed by atoms with Crippen LogP contribution >= 0.6 is 27.3 Å². The van der Waals surface area contributed by atoms with Crippen molar-refractivity contribution >= 4 is 39.2 Å². The van der Waals surface area contributed by atoms with Gasteiger partial charge in [0, 0.05) is 21.3 Å². The molecule has 1 N–H and O–H groups in total. The van der Waals surface area contributed by atoms with E-state index in [1.165, 1.54) is 4.88 Å². The van der Waals surface area contributed by atoms with Crippen LogP contribution in [0.25, 0.3) is 0 Å². The lowest BCUT2D eigenvalue weighted by Gasteiger charge is -2.29. The monoisotopic (exact) mass is 373 g/mol. The first-order chi connectivity index (χ1) is 9.83. The number of amidine groups is 1. The zero-order valence-electron chi connectivity index (χ0n) is 12.5. The van der Waals surface area contributed by atoms with Crippen LogP contribution in [0.2, 0.25) is 0 Å². The summed E-state index contributed by atoms with van der Waals surface area (Å²) < 4.78 is 6.48. The smallest absolute Gasteiger partial charge is 0.410 e. The number of amides is 1. The molecule has 1 aliphatic heterocycles. The van der Waals surface area contributed by atoms with E-state index in [1.807, 2.05) is 26.2 Å². The van der Waals surface area contributed by atoms with Gasteiger partial charge in [0.2, 0.25) is 0 Å². The number of thiophene rings is 1. The molecular formula is C14H20BrN3O2S. The Balaban J connectivity index is 1.85. The molecular weight excluding hydrogens is 354 g/mol. The van der Waals surface area contributed by atoms with Gasteiger partial charge < -0.3 is 10.1 Å². The molecule has 0 aliphatic carbocycles. The van der Waals surface area contributed by atoms with Crippen molar-refractivity contribution in [3.63, 3.8) is 0 Å². The summed E-state index contributed by atoms with van der Waals surface area (Å²) in [5, 5.41) is 5.34. The maximum atomic E-state index is 12.1. The highest BCUT2D eigenvalue weighted by Crippen LogP contribution is 2.19. The van der Waals surface area contributed by atoms with Gasteiger partial charge in [0.1, 0.15) is 11.4 Å². The van der Waals surface area contributed by atoms with E-state index in [9.17, 15) is 4.79 Å². The Hall–Kier alpha value is -1.08. The van der Waals surface area contributed by atoms with Crippen LogP contribution in [-0.2, 0) is 11.3 Å². The molecule has 0 fully saturated rings. The lowest BCUT2D eigenvalue weighted by molar-refractivity contribution is 0.0276. The summed E-state index contributed by atoms with van der Waals surface area (Å²) in [6.45, 7) is 8.02. The number of nitrogens with zero attached hydrogens (tertiary/aromatic N) is 2. The summed E-state index contributed by atoms with van der Waals surface area (Å²) in [6, 6.07) is 2.08. The maximum Gasteiger partial charge on any atom is 0.410 e. The average Bonchev–Trinajstić information content (AvgIpc) is 2.81. The molecule has 1 aliphatic rings. The minimum Gasteiger partial charge on any atom is -0.444 e. The number of halogens is 1. The Morgan fingerprint density at radius 2 is 2.33 bits per heavy atom. The molecule has 1 aromatic heterocycles. The fourth-order valence-electron chi connectivity index (χ4n) is 1.85. The summed E-state index contributed by atoms with van der Waals surface area (Å²) in [7, 11) is 0. The number of hydrogen-bond acceptors (Lipinski definition) is 5. The van der Waals surface area contributed by atoms with Gasteiger partial charge in [0.05, 0.1) is 19.6 Å². The topological polar surface area (TPSA) is 53.9 Å². The van der Waals surface area contributed by atoms with Crippen molar-refractivity contribution in [2.75, 3.05) is 19.6 Å². The van der Waals surface area contributed by atoms with Gasteiger partial charge in [-0.15, -0.1) is 11.3 Å². The first-order valence-corrected chi connectivity index (χ1v) is 8.49. The van der Waals surface area contributed by atoms with Gasteiger partial charge in [-0.25, -0.2) is 4.79 Å². The molecule has 0 unspecified atom stereocenters. The molecule has 0 aromatic carbocycles. The molecule has 0 spiro atoms. The molecule has 0 saturated heterocycles. The van der Waals surface area contributed by atoms with E-state index >= 15 is 0 Å². The molecule has 0 atom stereocenters. The van der Waals surface area contributed by atoms with Crippen molar-refractivity contribution in [3.05, 3.63) is 20.8 Å². The van der Waals surface area contributed by atoms with Gasteiger partial charge in [-0.2, -0.15) is 0 Å². The van der Waals surface area contributed by atoms with Gasteiger partial charge in [-0.3, -0.25) is 9.89 Å². The summed E-state index contributed by atoms with van der Waals surface area (Å²) >= 11 is 5.12. The first kappa shape index (κ1) is 16.3. The molecule has 2 rings (SSSR count). The Labute approximate surface area is 137 Å². The van der Waals surface area contributed by atoms with E-state index < -0.39 is 5.60 Å². The highest BCUT2D eigenvalue weighted by molar-refractivity contribution is 9.10. The molecule has 1 aromatic rings. The van der Waals surface area contributed by atoms with E-state index in [-0.39, 0.29) is 6.09 Å². The zero-order valence-corrected chi connectivity index (χ0v) is 14.9. The summed E-state index contributed by atoms with van der Waals surface area (Å²) in [5.41, 5.74) is -0.470. The number of rotatable bonds is 2. The molecule has 0 saturated carbocycles. The molecule has 21 heavy (non-hydrogen) atoms. The third-order valence-corrected chi connectivity index (χ3v) is 4.45. The number of hydrogen-bond donors (Lipinski definition) is 1. The van der Waals surface area contributed by atoms with Gasteiger partial charge in [-0.1, -0.05) is 0 Å². The second-order valence-electron chi connectivity index (χ2n) is 5.82. The minimum absolute atomic E-state index is 0.282. The molecule has 5 nitrogen and oxygen atoms in total. The second-order valence-corrected chi connectivity index (χ2v) is 7.73. The van der Waals surface area contributed by atoms with Gasteiger partial charge in [0.15, 0.2) is 0 Å². The lowest BCUT2D eigenvalue weighted by Crippen LogP contribution is -2.47. The predicted octanol–water partition coefficient (Wildman–Crippen LogP) is 3.25. The van der Waals surface area contributed by atoms with E-state index in [0.29, 0.717) is 19.6 Å². The average molecular weight is 374 g/mol. The van der Waals surface area contributed by atoms with Crippen molar-refractivity contribution in [2.45, 2.75) is 32.9 Å². The maximum absolute atomic E-state index is 12.1. The van der Waals surface area contributed by atoms with Crippen molar-refractivity contribution in [1.29, 1.82) is 0 Å². The second kappa shape index (κ2) is 6.79. The highest BCUT2D eigenvalue weighted by Gasteiger charge is 2.24. The molecule has 0 bridgehead atoms. The Kier molecular flexibility index (Phi) is 5.27. The van der Waals surface area contributed by atoms with Crippen LogP contribution in [0.15, 0.2) is 20.9 Å². The number of nitrogens with one attached hydrogen (secondary N) is 1. The molecule has 0 radical (unpaired) electrons. The van der Waals surface area contributed by atoms with Crippen LogP contribution in [-0.4, -0.2) is 42.1 Å². The molecule has 2 heterocycles. The minimum atomic E-state index is -0.470. The van der Waals surface area contributed by atoms with Crippen LogP contribution in [0.4, 0.5) is 4.79 Å². The summed E-state index contributed by atoms with van der Waals surface area (Å²) in [6.07, 6.45) is -0.282.